The molecule has 0 saturated carbocycles. The second-order valence-corrected chi connectivity index (χ2v) is 13.4. The van der Waals surface area contributed by atoms with Gasteiger partial charge in [-0.05, 0) is 48.5 Å². The van der Waals surface area contributed by atoms with Gasteiger partial charge in [0.15, 0.2) is 23.0 Å². The molecule has 0 aliphatic heterocycles. The zero-order chi connectivity index (χ0) is 38.6. The van der Waals surface area contributed by atoms with Gasteiger partial charge in [0, 0.05) is 42.3 Å². The molecular formula is C43H32Cl4O8. The Bertz CT molecular complexity index is 2120. The van der Waals surface area contributed by atoms with Crippen molar-refractivity contribution in [1.29, 1.82) is 0 Å². The molecule has 0 aromatic heterocycles. The predicted molar refractivity (Wildman–Crippen MR) is 212 cm³/mol. The number of esters is 2. The van der Waals surface area contributed by atoms with Crippen LogP contribution in [0.5, 0.6) is 34.5 Å². The second kappa shape index (κ2) is 19.3. The van der Waals surface area contributed by atoms with Crippen LogP contribution >= 0.6 is 46.4 Å². The van der Waals surface area contributed by atoms with Gasteiger partial charge in [-0.2, -0.15) is 0 Å². The molecule has 0 atom stereocenters. The zero-order valence-electron chi connectivity index (χ0n) is 29.0. The molecule has 0 aliphatic rings. The van der Waals surface area contributed by atoms with Gasteiger partial charge in [-0.15, -0.1) is 0 Å². The number of hydrogen-bond donors (Lipinski definition) is 0. The Labute approximate surface area is 337 Å². The van der Waals surface area contributed by atoms with E-state index in [-0.39, 0.29) is 60.9 Å². The Morgan fingerprint density at radius 3 is 0.982 bits per heavy atom. The zero-order valence-corrected chi connectivity index (χ0v) is 32.0. The molecule has 0 N–H and O–H groups in total. The highest BCUT2D eigenvalue weighted by Gasteiger charge is 2.23. The van der Waals surface area contributed by atoms with E-state index < -0.39 is 18.4 Å². The third kappa shape index (κ3) is 10.9. The molecule has 6 rings (SSSR count). The molecule has 0 fully saturated rings. The van der Waals surface area contributed by atoms with Crippen LogP contribution in [0, 0.1) is 0 Å². The third-order valence-electron chi connectivity index (χ3n) is 7.96. The minimum absolute atomic E-state index is 0.0141. The minimum Gasteiger partial charge on any atom is -0.485 e. The summed E-state index contributed by atoms with van der Waals surface area (Å²) in [4.78, 5) is 26.6. The maximum absolute atomic E-state index is 13.3. The van der Waals surface area contributed by atoms with Crippen LogP contribution < -0.4 is 28.4 Å². The summed E-state index contributed by atoms with van der Waals surface area (Å²) in [5.41, 5.74) is 2.85. The van der Waals surface area contributed by atoms with Crippen LogP contribution in [-0.4, -0.2) is 11.9 Å². The van der Waals surface area contributed by atoms with Gasteiger partial charge in [-0.3, -0.25) is 9.59 Å². The lowest BCUT2D eigenvalue weighted by Crippen LogP contribution is -2.19. The fourth-order valence-electron chi connectivity index (χ4n) is 5.17. The molecule has 6 aromatic carbocycles. The maximum Gasteiger partial charge on any atom is 0.322 e. The highest BCUT2D eigenvalue weighted by molar-refractivity contribution is 6.32. The number of carbonyl (C=O) groups is 2. The molecule has 0 unspecified atom stereocenters. The number of ether oxygens (including phenoxy) is 6. The van der Waals surface area contributed by atoms with E-state index in [1.165, 1.54) is 12.1 Å². The topological polar surface area (TPSA) is 89.5 Å². The molecule has 0 amide bonds. The Morgan fingerprint density at radius 1 is 0.364 bits per heavy atom. The summed E-state index contributed by atoms with van der Waals surface area (Å²) in [5, 5.41) is 2.04. The van der Waals surface area contributed by atoms with E-state index >= 15 is 0 Å². The molecule has 0 spiro atoms. The molecular weight excluding hydrogens is 786 g/mol. The van der Waals surface area contributed by atoms with Crippen molar-refractivity contribution >= 4 is 58.3 Å². The number of para-hydroxylation sites is 2. The van der Waals surface area contributed by atoms with Crippen LogP contribution in [0.4, 0.5) is 0 Å². The number of hydrogen-bond acceptors (Lipinski definition) is 8. The summed E-state index contributed by atoms with van der Waals surface area (Å²) in [5.74, 6) is -1.02. The van der Waals surface area contributed by atoms with Crippen molar-refractivity contribution < 1.29 is 38.0 Å². The van der Waals surface area contributed by atoms with Gasteiger partial charge in [-0.25, -0.2) is 0 Å². The van der Waals surface area contributed by atoms with Gasteiger partial charge in [0.25, 0.3) is 0 Å². The molecule has 6 aromatic rings. The first-order valence-corrected chi connectivity index (χ1v) is 18.4. The van der Waals surface area contributed by atoms with Crippen molar-refractivity contribution in [3.8, 4) is 34.5 Å². The van der Waals surface area contributed by atoms with Gasteiger partial charge < -0.3 is 28.4 Å². The van der Waals surface area contributed by atoms with Crippen molar-refractivity contribution in [3.05, 3.63) is 176 Å². The Morgan fingerprint density at radius 2 is 0.655 bits per heavy atom. The van der Waals surface area contributed by atoms with Gasteiger partial charge in [0.1, 0.15) is 32.8 Å². The first-order valence-electron chi connectivity index (χ1n) is 16.9. The number of halogens is 4. The number of benzene rings is 6. The summed E-state index contributed by atoms with van der Waals surface area (Å²) in [6, 6.07) is 38.4. The molecule has 0 bridgehead atoms. The second-order valence-electron chi connectivity index (χ2n) is 11.8. The Kier molecular flexibility index (Phi) is 13.8. The van der Waals surface area contributed by atoms with Gasteiger partial charge in [-0.1, -0.05) is 131 Å². The fraction of sp³-hybridized carbons (Fsp3) is 0.116. The van der Waals surface area contributed by atoms with Crippen LogP contribution in [0.25, 0.3) is 0 Å². The lowest BCUT2D eigenvalue weighted by Gasteiger charge is -2.18. The minimum atomic E-state index is -0.916. The highest BCUT2D eigenvalue weighted by Crippen LogP contribution is 2.41. The van der Waals surface area contributed by atoms with Crippen LogP contribution in [0.1, 0.15) is 28.7 Å². The monoisotopic (exact) mass is 816 g/mol. The fourth-order valence-corrected chi connectivity index (χ4v) is 5.93. The smallest absolute Gasteiger partial charge is 0.322 e. The third-order valence-corrected chi connectivity index (χ3v) is 9.44. The van der Waals surface area contributed by atoms with E-state index in [1.54, 1.807) is 72.8 Å². The van der Waals surface area contributed by atoms with E-state index in [0.717, 1.165) is 11.1 Å². The SMILES string of the molecule is O=C(CC(=O)Oc1cccc(OCc2ccccc2Cl)c1OCc1ccccc1Cl)Oc1cccc(OCc2ccccc2Cl)c1OCc1ccccc1Cl. The number of rotatable bonds is 16. The average Bonchev–Trinajstić information content (AvgIpc) is 3.17. The lowest BCUT2D eigenvalue weighted by atomic mass is 10.2. The molecule has 12 heteroatoms. The van der Waals surface area contributed by atoms with Crippen molar-refractivity contribution in [2.24, 2.45) is 0 Å². The van der Waals surface area contributed by atoms with Crippen LogP contribution in [0.15, 0.2) is 133 Å². The molecule has 55 heavy (non-hydrogen) atoms. The quantitative estimate of drug-likeness (QED) is 0.0542. The molecule has 0 saturated heterocycles. The average molecular weight is 819 g/mol. The normalized spacial score (nSPS) is 10.7. The van der Waals surface area contributed by atoms with E-state index in [0.29, 0.717) is 31.2 Å². The van der Waals surface area contributed by atoms with Crippen molar-refractivity contribution in [1.82, 2.24) is 0 Å². The van der Waals surface area contributed by atoms with E-state index in [1.807, 2.05) is 48.5 Å². The molecule has 8 nitrogen and oxygen atoms in total. The molecule has 0 heterocycles. The largest absolute Gasteiger partial charge is 0.485 e. The van der Waals surface area contributed by atoms with Crippen molar-refractivity contribution in [2.45, 2.75) is 32.8 Å². The van der Waals surface area contributed by atoms with Gasteiger partial charge >= 0.3 is 11.9 Å². The first kappa shape index (κ1) is 39.3. The molecule has 0 radical (unpaired) electrons. The van der Waals surface area contributed by atoms with E-state index in [4.69, 9.17) is 74.8 Å². The highest BCUT2D eigenvalue weighted by atomic mass is 35.5. The molecule has 280 valence electrons. The number of carbonyl (C=O) groups excluding carboxylic acids is 2. The summed E-state index contributed by atoms with van der Waals surface area (Å²) in [6.07, 6.45) is -0.761. The lowest BCUT2D eigenvalue weighted by molar-refractivity contribution is -0.144. The predicted octanol–water partition coefficient (Wildman–Crippen LogP) is 11.5. The summed E-state index contributed by atoms with van der Waals surface area (Å²) < 4.78 is 35.8. The van der Waals surface area contributed by atoms with Crippen LogP contribution in [0.3, 0.4) is 0 Å². The summed E-state index contributed by atoms with van der Waals surface area (Å²) in [6.45, 7) is 0.275. The standard InChI is InChI=1S/C43H32Cl4O8/c44-32-15-5-1-11-28(32)24-50-36-19-9-21-38(42(36)52-26-30-13-3-7-17-34(30)46)54-40(48)23-41(49)55-39-22-10-20-37(51-25-29-12-2-6-16-33(29)45)43(39)53-27-31-14-4-8-18-35(31)47/h1-22H,23-27H2. The van der Waals surface area contributed by atoms with E-state index in [9.17, 15) is 9.59 Å². The Balaban J connectivity index is 1.19. The maximum atomic E-state index is 13.3. The summed E-state index contributed by atoms with van der Waals surface area (Å²) >= 11 is 25.5. The van der Waals surface area contributed by atoms with Crippen LogP contribution in [-0.2, 0) is 36.0 Å². The van der Waals surface area contributed by atoms with Crippen LogP contribution in [0.2, 0.25) is 20.1 Å². The van der Waals surface area contributed by atoms with Gasteiger partial charge in [0.2, 0.25) is 11.5 Å². The van der Waals surface area contributed by atoms with Crippen molar-refractivity contribution in [3.63, 3.8) is 0 Å². The van der Waals surface area contributed by atoms with Crippen molar-refractivity contribution in [2.75, 3.05) is 0 Å². The van der Waals surface area contributed by atoms with E-state index in [2.05, 4.69) is 0 Å². The Hall–Kier alpha value is -5.38. The summed E-state index contributed by atoms with van der Waals surface area (Å²) in [7, 11) is 0. The molecule has 0 aliphatic carbocycles. The first-order chi connectivity index (χ1) is 26.7. The van der Waals surface area contributed by atoms with Gasteiger partial charge in [0.05, 0.1) is 0 Å².